The summed E-state index contributed by atoms with van der Waals surface area (Å²) in [5.74, 6) is 0.161. The number of aliphatic imine (C=N–C) groups is 1. The molecule has 0 aliphatic carbocycles. The Morgan fingerprint density at radius 1 is 1.11 bits per heavy atom. The molecule has 1 atom stereocenters. The smallest absolute Gasteiger partial charge is 0.232 e. The van der Waals surface area contributed by atoms with Gasteiger partial charge in [-0.25, -0.2) is 4.39 Å². The Kier molecular flexibility index (Phi) is 5.14. The number of nitrogens with two attached hydrogens (primary N) is 1. The molecule has 1 saturated heterocycles. The lowest BCUT2D eigenvalue weighted by atomic mass is 9.97. The summed E-state index contributed by atoms with van der Waals surface area (Å²) in [7, 11) is 0. The number of fused-ring (bicyclic) bond motifs is 1. The van der Waals surface area contributed by atoms with E-state index in [1.165, 1.54) is 12.1 Å². The summed E-state index contributed by atoms with van der Waals surface area (Å²) in [6.07, 6.45) is 0.638. The Balaban J connectivity index is 1.29. The minimum atomic E-state index is -0.225. The topological polar surface area (TPSA) is 74.0 Å². The number of piperazine rings is 1. The number of hydrogen-bond donors (Lipinski definition) is 2. The zero-order valence-corrected chi connectivity index (χ0v) is 15.6. The SMILES string of the molecule is NC(=NCCC1C(=O)Nc2ccccc21)N1CCN(c2ccc(F)cc2)CC1. The highest BCUT2D eigenvalue weighted by atomic mass is 19.1. The molecule has 146 valence electrons. The third-order valence-corrected chi connectivity index (χ3v) is 5.40. The van der Waals surface area contributed by atoms with E-state index in [1.54, 1.807) is 12.1 Å². The predicted molar refractivity (Wildman–Crippen MR) is 109 cm³/mol. The van der Waals surface area contributed by atoms with Crippen LogP contribution < -0.4 is 16.0 Å². The Bertz CT molecular complexity index is 875. The van der Waals surface area contributed by atoms with Crippen LogP contribution in [0.3, 0.4) is 0 Å². The van der Waals surface area contributed by atoms with E-state index in [-0.39, 0.29) is 17.6 Å². The maximum atomic E-state index is 13.1. The molecule has 0 bridgehead atoms. The average molecular weight is 381 g/mol. The molecule has 2 aromatic rings. The molecule has 0 spiro atoms. The molecule has 28 heavy (non-hydrogen) atoms. The van der Waals surface area contributed by atoms with Gasteiger partial charge in [0.15, 0.2) is 5.96 Å². The second-order valence-corrected chi connectivity index (χ2v) is 7.11. The normalized spacial score (nSPS) is 19.5. The molecule has 0 radical (unpaired) electrons. The van der Waals surface area contributed by atoms with Gasteiger partial charge in [-0.2, -0.15) is 0 Å². The average Bonchev–Trinajstić information content (AvgIpc) is 3.04. The van der Waals surface area contributed by atoms with Crippen molar-refractivity contribution in [1.82, 2.24) is 4.90 Å². The van der Waals surface area contributed by atoms with Crippen LogP contribution in [0.1, 0.15) is 17.9 Å². The molecule has 2 aliphatic heterocycles. The van der Waals surface area contributed by atoms with Crippen molar-refractivity contribution in [1.29, 1.82) is 0 Å². The lowest BCUT2D eigenvalue weighted by Gasteiger charge is -2.36. The number of carbonyl (C=O) groups excluding carboxylic acids is 1. The number of para-hydroxylation sites is 1. The van der Waals surface area contributed by atoms with Crippen molar-refractivity contribution in [2.75, 3.05) is 42.9 Å². The quantitative estimate of drug-likeness (QED) is 0.630. The summed E-state index contributed by atoms with van der Waals surface area (Å²) in [6.45, 7) is 3.65. The number of guanidine groups is 1. The van der Waals surface area contributed by atoms with Gasteiger partial charge in [0, 0.05) is 44.1 Å². The number of hydrogen-bond acceptors (Lipinski definition) is 3. The summed E-state index contributed by atoms with van der Waals surface area (Å²) in [5.41, 5.74) is 9.12. The molecule has 4 rings (SSSR count). The number of amides is 1. The van der Waals surface area contributed by atoms with Crippen LogP contribution in [-0.2, 0) is 4.79 Å². The molecule has 6 nitrogen and oxygen atoms in total. The highest BCUT2D eigenvalue weighted by Gasteiger charge is 2.29. The summed E-state index contributed by atoms with van der Waals surface area (Å²) in [6, 6.07) is 14.3. The van der Waals surface area contributed by atoms with E-state index in [0.29, 0.717) is 18.9 Å². The number of carbonyl (C=O) groups is 1. The van der Waals surface area contributed by atoms with Gasteiger partial charge in [0.1, 0.15) is 5.82 Å². The predicted octanol–water partition coefficient (Wildman–Crippen LogP) is 2.39. The number of nitrogens with zero attached hydrogens (tertiary/aromatic N) is 3. The van der Waals surface area contributed by atoms with Gasteiger partial charge >= 0.3 is 0 Å². The molecule has 1 unspecified atom stereocenters. The summed E-state index contributed by atoms with van der Waals surface area (Å²) in [4.78, 5) is 20.9. The first-order chi connectivity index (χ1) is 13.6. The Morgan fingerprint density at radius 2 is 1.82 bits per heavy atom. The molecule has 7 heteroatoms. The second kappa shape index (κ2) is 7.88. The lowest BCUT2D eigenvalue weighted by molar-refractivity contribution is -0.117. The summed E-state index contributed by atoms with van der Waals surface area (Å²) < 4.78 is 13.1. The first-order valence-corrected chi connectivity index (χ1v) is 9.57. The van der Waals surface area contributed by atoms with Gasteiger partial charge < -0.3 is 20.9 Å². The van der Waals surface area contributed by atoms with E-state index >= 15 is 0 Å². The minimum absolute atomic E-state index is 0.0304. The number of nitrogens with one attached hydrogen (secondary N) is 1. The largest absolute Gasteiger partial charge is 0.370 e. The molecule has 2 heterocycles. The van der Waals surface area contributed by atoms with Crippen LogP contribution in [0.15, 0.2) is 53.5 Å². The molecule has 1 amide bonds. The molecule has 0 saturated carbocycles. The molecule has 3 N–H and O–H groups in total. The highest BCUT2D eigenvalue weighted by Crippen LogP contribution is 2.34. The van der Waals surface area contributed by atoms with Crippen molar-refractivity contribution in [3.63, 3.8) is 0 Å². The zero-order valence-electron chi connectivity index (χ0n) is 15.6. The van der Waals surface area contributed by atoms with Gasteiger partial charge in [0.25, 0.3) is 0 Å². The van der Waals surface area contributed by atoms with Crippen molar-refractivity contribution >= 4 is 23.2 Å². The van der Waals surface area contributed by atoms with Crippen LogP contribution in [0.25, 0.3) is 0 Å². The fourth-order valence-corrected chi connectivity index (χ4v) is 3.82. The van der Waals surface area contributed by atoms with Crippen molar-refractivity contribution < 1.29 is 9.18 Å². The van der Waals surface area contributed by atoms with E-state index in [2.05, 4.69) is 20.1 Å². The van der Waals surface area contributed by atoms with Crippen LogP contribution in [0.2, 0.25) is 0 Å². The molecular weight excluding hydrogens is 357 g/mol. The van der Waals surface area contributed by atoms with Crippen molar-refractivity contribution in [2.24, 2.45) is 10.7 Å². The highest BCUT2D eigenvalue weighted by molar-refractivity contribution is 6.02. The number of anilines is 2. The number of benzene rings is 2. The van der Waals surface area contributed by atoms with E-state index in [1.807, 2.05) is 24.3 Å². The fourth-order valence-electron chi connectivity index (χ4n) is 3.82. The summed E-state index contributed by atoms with van der Waals surface area (Å²) >= 11 is 0. The maximum Gasteiger partial charge on any atom is 0.232 e. The number of rotatable bonds is 4. The van der Waals surface area contributed by atoms with Crippen LogP contribution in [0.5, 0.6) is 0 Å². The van der Waals surface area contributed by atoms with E-state index in [0.717, 1.165) is 43.1 Å². The minimum Gasteiger partial charge on any atom is -0.370 e. The Morgan fingerprint density at radius 3 is 2.57 bits per heavy atom. The van der Waals surface area contributed by atoms with Gasteiger partial charge in [0.2, 0.25) is 5.91 Å². The van der Waals surface area contributed by atoms with Gasteiger partial charge in [0.05, 0.1) is 5.92 Å². The van der Waals surface area contributed by atoms with E-state index < -0.39 is 0 Å². The third-order valence-electron chi connectivity index (χ3n) is 5.40. The number of halogens is 1. The fraction of sp³-hybridized carbons (Fsp3) is 0.333. The first kappa shape index (κ1) is 18.3. The molecule has 2 aromatic carbocycles. The van der Waals surface area contributed by atoms with Crippen LogP contribution in [0, 0.1) is 5.82 Å². The van der Waals surface area contributed by atoms with Gasteiger partial charge in [-0.3, -0.25) is 9.79 Å². The van der Waals surface area contributed by atoms with Crippen molar-refractivity contribution in [3.8, 4) is 0 Å². The van der Waals surface area contributed by atoms with Gasteiger partial charge in [-0.05, 0) is 42.3 Å². The molecule has 0 aromatic heterocycles. The first-order valence-electron chi connectivity index (χ1n) is 9.57. The third kappa shape index (κ3) is 3.78. The van der Waals surface area contributed by atoms with Crippen LogP contribution >= 0.6 is 0 Å². The second-order valence-electron chi connectivity index (χ2n) is 7.11. The van der Waals surface area contributed by atoms with E-state index in [9.17, 15) is 9.18 Å². The van der Waals surface area contributed by atoms with Gasteiger partial charge in [-0.15, -0.1) is 0 Å². The van der Waals surface area contributed by atoms with Crippen molar-refractivity contribution in [2.45, 2.75) is 12.3 Å². The molecule has 1 fully saturated rings. The maximum absolute atomic E-state index is 13.1. The molecule has 2 aliphatic rings. The zero-order chi connectivity index (χ0) is 19.5. The standard InChI is InChI=1S/C21H24FN5O/c22-15-5-7-16(8-6-15)26-11-13-27(14-12-26)21(23)24-10-9-18-17-3-1-2-4-19(17)25-20(18)28/h1-8,18H,9-14H2,(H2,23,24)(H,25,28). The lowest BCUT2D eigenvalue weighted by Crippen LogP contribution is -2.51. The van der Waals surface area contributed by atoms with Gasteiger partial charge in [-0.1, -0.05) is 18.2 Å². The Hall–Kier alpha value is -3.09. The van der Waals surface area contributed by atoms with Crippen molar-refractivity contribution in [3.05, 3.63) is 59.9 Å². The van der Waals surface area contributed by atoms with E-state index in [4.69, 9.17) is 5.73 Å². The Labute approximate surface area is 163 Å². The molecular formula is C21H24FN5O. The van der Waals surface area contributed by atoms with Crippen LogP contribution in [0.4, 0.5) is 15.8 Å². The van der Waals surface area contributed by atoms with Crippen LogP contribution in [-0.4, -0.2) is 49.5 Å². The summed E-state index contributed by atoms with van der Waals surface area (Å²) in [5, 5.41) is 2.91. The monoisotopic (exact) mass is 381 g/mol.